The number of ether oxygens (including phenoxy) is 1. The van der Waals surface area contributed by atoms with Crippen LogP contribution in [0.5, 0.6) is 0 Å². The first-order valence-corrected chi connectivity index (χ1v) is 5.89. The summed E-state index contributed by atoms with van der Waals surface area (Å²) in [6.45, 7) is 3.85. The Morgan fingerprint density at radius 1 is 1.75 bits per heavy atom. The number of esters is 1. The van der Waals surface area contributed by atoms with E-state index < -0.39 is 0 Å². The summed E-state index contributed by atoms with van der Waals surface area (Å²) in [5.74, 6) is 0.566. The monoisotopic (exact) mass is 290 g/mol. The summed E-state index contributed by atoms with van der Waals surface area (Å²) in [4.78, 5) is 14.9. The zero-order valence-corrected chi connectivity index (χ0v) is 10.9. The molecule has 0 aromatic carbocycles. The molecule has 1 aromatic rings. The summed E-state index contributed by atoms with van der Waals surface area (Å²) in [5.41, 5.74) is 0. The molecule has 1 heterocycles. The average Bonchev–Trinajstić information content (AvgIpc) is 2.75. The van der Waals surface area contributed by atoms with E-state index in [4.69, 9.17) is 0 Å². The van der Waals surface area contributed by atoms with Crippen molar-refractivity contribution in [3.8, 4) is 0 Å². The van der Waals surface area contributed by atoms with Crippen LogP contribution in [0.4, 0.5) is 0 Å². The zero-order valence-electron chi connectivity index (χ0n) is 9.31. The predicted octanol–water partition coefficient (Wildman–Crippen LogP) is 0.324. The van der Waals surface area contributed by atoms with Crippen LogP contribution >= 0.6 is 15.9 Å². The van der Waals surface area contributed by atoms with Crippen molar-refractivity contribution >= 4 is 21.9 Å². The summed E-state index contributed by atoms with van der Waals surface area (Å²) in [5, 5.41) is 7.15. The molecule has 1 atom stereocenters. The smallest absolute Gasteiger partial charge is 0.320 e. The minimum Gasteiger partial charge on any atom is -0.468 e. The summed E-state index contributed by atoms with van der Waals surface area (Å²) in [6.07, 6.45) is 1.52. The maximum absolute atomic E-state index is 11.1. The molecule has 0 saturated carbocycles. The molecule has 16 heavy (non-hydrogen) atoms. The third kappa shape index (κ3) is 3.57. The van der Waals surface area contributed by atoms with Gasteiger partial charge in [-0.3, -0.25) is 4.79 Å². The van der Waals surface area contributed by atoms with Crippen molar-refractivity contribution < 1.29 is 9.53 Å². The highest BCUT2D eigenvalue weighted by atomic mass is 79.9. The minimum atomic E-state index is -0.338. The number of rotatable bonds is 6. The van der Waals surface area contributed by atoms with Gasteiger partial charge in [0.2, 0.25) is 0 Å². The van der Waals surface area contributed by atoms with Gasteiger partial charge in [-0.15, -0.1) is 0 Å². The van der Waals surface area contributed by atoms with E-state index in [0.29, 0.717) is 13.1 Å². The predicted molar refractivity (Wildman–Crippen MR) is 62.1 cm³/mol. The molecule has 0 saturated heterocycles. The van der Waals surface area contributed by atoms with Crippen LogP contribution in [-0.2, 0) is 22.6 Å². The second-order valence-corrected chi connectivity index (χ2v) is 4.22. The van der Waals surface area contributed by atoms with E-state index in [9.17, 15) is 4.79 Å². The average molecular weight is 291 g/mol. The number of aromatic nitrogens is 3. The molecule has 1 unspecified atom stereocenters. The number of aryl methyl sites for hydroxylation is 1. The van der Waals surface area contributed by atoms with Crippen molar-refractivity contribution in [3.63, 3.8) is 0 Å². The fourth-order valence-electron chi connectivity index (χ4n) is 1.21. The third-order valence-electron chi connectivity index (χ3n) is 2.06. The molecular weight excluding hydrogens is 276 g/mol. The topological polar surface area (TPSA) is 69.0 Å². The van der Waals surface area contributed by atoms with Crippen molar-refractivity contribution in [2.75, 3.05) is 13.7 Å². The number of nitrogens with one attached hydrogen (secondary N) is 1. The van der Waals surface area contributed by atoms with Crippen LogP contribution in [0.2, 0.25) is 0 Å². The Labute approximate surface area is 103 Å². The molecule has 0 aliphatic rings. The molecule has 1 rings (SSSR count). The van der Waals surface area contributed by atoms with Gasteiger partial charge in [-0.1, -0.05) is 15.9 Å². The second kappa shape index (κ2) is 6.59. The van der Waals surface area contributed by atoms with Gasteiger partial charge in [0.05, 0.1) is 13.7 Å². The zero-order chi connectivity index (χ0) is 12.0. The fraction of sp³-hybridized carbons (Fsp3) is 0.667. The second-order valence-electron chi connectivity index (χ2n) is 3.11. The number of carbonyl (C=O) groups excluding carboxylic acids is 1. The lowest BCUT2D eigenvalue weighted by Crippen LogP contribution is -2.30. The molecule has 0 aliphatic heterocycles. The number of hydrogen-bond acceptors (Lipinski definition) is 5. The van der Waals surface area contributed by atoms with Gasteiger partial charge >= 0.3 is 5.97 Å². The number of methoxy groups -OCH3 is 1. The molecule has 0 bridgehead atoms. The van der Waals surface area contributed by atoms with Crippen LogP contribution in [0.3, 0.4) is 0 Å². The highest BCUT2D eigenvalue weighted by Gasteiger charge is 2.14. The van der Waals surface area contributed by atoms with E-state index in [1.54, 1.807) is 4.68 Å². The minimum absolute atomic E-state index is 0.288. The standard InChI is InChI=1S/C9H15BrN4O2/c1-3-14-8(12-6-13-14)5-11-4-7(10)9(15)16-2/h6-7,11H,3-5H2,1-2H3. The van der Waals surface area contributed by atoms with Gasteiger partial charge in [0.15, 0.2) is 0 Å². The number of nitrogens with zero attached hydrogens (tertiary/aromatic N) is 3. The molecule has 0 fully saturated rings. The van der Waals surface area contributed by atoms with Crippen molar-refractivity contribution in [1.82, 2.24) is 20.1 Å². The molecule has 1 N–H and O–H groups in total. The van der Waals surface area contributed by atoms with Crippen molar-refractivity contribution in [1.29, 1.82) is 0 Å². The lowest BCUT2D eigenvalue weighted by Gasteiger charge is -2.09. The highest BCUT2D eigenvalue weighted by Crippen LogP contribution is 2.00. The van der Waals surface area contributed by atoms with Crippen LogP contribution in [0.15, 0.2) is 6.33 Å². The molecular formula is C9H15BrN4O2. The van der Waals surface area contributed by atoms with Crippen LogP contribution in [0.1, 0.15) is 12.7 Å². The summed E-state index contributed by atoms with van der Waals surface area (Å²) < 4.78 is 6.39. The Morgan fingerprint density at radius 2 is 2.50 bits per heavy atom. The van der Waals surface area contributed by atoms with Crippen LogP contribution in [-0.4, -0.2) is 39.2 Å². The SMILES string of the molecule is CCn1ncnc1CNCC(Br)C(=O)OC. The molecule has 0 aliphatic carbocycles. The van der Waals surface area contributed by atoms with E-state index in [2.05, 4.69) is 36.1 Å². The van der Waals surface area contributed by atoms with E-state index in [1.807, 2.05) is 6.92 Å². The number of carbonyl (C=O) groups is 1. The summed E-state index contributed by atoms with van der Waals surface area (Å²) in [6, 6.07) is 0. The van der Waals surface area contributed by atoms with Gasteiger partial charge in [-0.25, -0.2) is 9.67 Å². The Balaban J connectivity index is 2.33. The Bertz CT molecular complexity index is 342. The lowest BCUT2D eigenvalue weighted by molar-refractivity contribution is -0.139. The van der Waals surface area contributed by atoms with Crippen LogP contribution < -0.4 is 5.32 Å². The normalized spacial score (nSPS) is 12.4. The largest absolute Gasteiger partial charge is 0.468 e. The van der Waals surface area contributed by atoms with Gasteiger partial charge in [0.1, 0.15) is 17.0 Å². The number of alkyl halides is 1. The Hall–Kier alpha value is -0.950. The lowest BCUT2D eigenvalue weighted by atomic mass is 10.4. The van der Waals surface area contributed by atoms with Crippen molar-refractivity contribution in [3.05, 3.63) is 12.2 Å². The number of halogens is 1. The van der Waals surface area contributed by atoms with Crippen molar-refractivity contribution in [2.24, 2.45) is 0 Å². The first kappa shape index (κ1) is 13.1. The molecule has 0 amide bonds. The third-order valence-corrected chi connectivity index (χ3v) is 2.76. The van der Waals surface area contributed by atoms with Gasteiger partial charge in [-0.05, 0) is 6.92 Å². The maximum Gasteiger partial charge on any atom is 0.320 e. The van der Waals surface area contributed by atoms with E-state index in [1.165, 1.54) is 13.4 Å². The molecule has 0 spiro atoms. The Kier molecular flexibility index (Phi) is 5.41. The van der Waals surface area contributed by atoms with Gasteiger partial charge in [-0.2, -0.15) is 5.10 Å². The molecule has 7 heteroatoms. The van der Waals surface area contributed by atoms with E-state index >= 15 is 0 Å². The van der Waals surface area contributed by atoms with E-state index in [-0.39, 0.29) is 10.8 Å². The Morgan fingerprint density at radius 3 is 3.12 bits per heavy atom. The maximum atomic E-state index is 11.1. The quantitative estimate of drug-likeness (QED) is 0.604. The van der Waals surface area contributed by atoms with Gasteiger partial charge in [0, 0.05) is 13.1 Å². The van der Waals surface area contributed by atoms with Crippen LogP contribution in [0.25, 0.3) is 0 Å². The van der Waals surface area contributed by atoms with Crippen molar-refractivity contribution in [2.45, 2.75) is 24.8 Å². The first-order valence-electron chi connectivity index (χ1n) is 4.98. The first-order chi connectivity index (χ1) is 7.69. The molecule has 6 nitrogen and oxygen atoms in total. The summed E-state index contributed by atoms with van der Waals surface area (Å²) >= 11 is 3.22. The molecule has 90 valence electrons. The van der Waals surface area contributed by atoms with Crippen LogP contribution in [0, 0.1) is 0 Å². The summed E-state index contributed by atoms with van der Waals surface area (Å²) in [7, 11) is 1.37. The highest BCUT2D eigenvalue weighted by molar-refractivity contribution is 9.10. The number of hydrogen-bond donors (Lipinski definition) is 1. The molecule has 1 aromatic heterocycles. The van der Waals surface area contributed by atoms with E-state index in [0.717, 1.165) is 12.4 Å². The van der Waals surface area contributed by atoms with Gasteiger partial charge in [0.25, 0.3) is 0 Å². The van der Waals surface area contributed by atoms with Gasteiger partial charge < -0.3 is 10.1 Å². The fourth-order valence-corrected chi connectivity index (χ4v) is 1.63. The molecule has 0 radical (unpaired) electrons.